The number of esters is 2. The largest absolute Gasteiger partial charge is 0.463 e. The highest BCUT2D eigenvalue weighted by molar-refractivity contribution is 5.84. The minimum absolute atomic E-state index is 0.0262. The molecule has 0 saturated carbocycles. The van der Waals surface area contributed by atoms with E-state index in [1.54, 1.807) is 20.8 Å². The second kappa shape index (κ2) is 5.61. The van der Waals surface area contributed by atoms with Gasteiger partial charge in [-0.2, -0.15) is 0 Å². The fourth-order valence-corrected chi connectivity index (χ4v) is 1.19. The van der Waals surface area contributed by atoms with Crippen LogP contribution >= 0.6 is 0 Å². The summed E-state index contributed by atoms with van der Waals surface area (Å²) in [5, 5.41) is 3.87. The monoisotopic (exact) mass is 255 g/mol. The van der Waals surface area contributed by atoms with Gasteiger partial charge in [0.1, 0.15) is 11.9 Å². The third-order valence-electron chi connectivity index (χ3n) is 1.87. The molecule has 0 amide bonds. The number of rotatable bonds is 4. The van der Waals surface area contributed by atoms with Crippen molar-refractivity contribution in [3.63, 3.8) is 0 Å². The molecule has 100 valence electrons. The van der Waals surface area contributed by atoms with E-state index in [9.17, 15) is 9.59 Å². The van der Waals surface area contributed by atoms with Gasteiger partial charge in [0.15, 0.2) is 0 Å². The Labute approximate surface area is 105 Å². The highest BCUT2D eigenvalue weighted by Crippen LogP contribution is 2.08. The molecule has 0 bridgehead atoms. The summed E-state index contributed by atoms with van der Waals surface area (Å²) in [5.41, 5.74) is -0.503. The summed E-state index contributed by atoms with van der Waals surface area (Å²) < 4.78 is 11.0. The predicted molar refractivity (Wildman–Crippen MR) is 61.8 cm³/mol. The van der Waals surface area contributed by atoms with Gasteiger partial charge in [-0.15, -0.1) is 5.10 Å². The SMILES string of the molecule is COC(=O)c1ncn(CCC(=O)OC(C)(C)C)n1. The smallest absolute Gasteiger partial charge is 0.377 e. The van der Waals surface area contributed by atoms with E-state index in [0.29, 0.717) is 6.54 Å². The molecule has 0 saturated heterocycles. The van der Waals surface area contributed by atoms with E-state index >= 15 is 0 Å². The summed E-state index contributed by atoms with van der Waals surface area (Å²) in [6, 6.07) is 0. The molecule has 0 spiro atoms. The molecule has 0 aliphatic heterocycles. The molecule has 18 heavy (non-hydrogen) atoms. The number of carbonyl (C=O) groups is 2. The van der Waals surface area contributed by atoms with Crippen molar-refractivity contribution in [1.82, 2.24) is 14.8 Å². The van der Waals surface area contributed by atoms with Crippen LogP contribution in [0.5, 0.6) is 0 Å². The average molecular weight is 255 g/mol. The van der Waals surface area contributed by atoms with Gasteiger partial charge in [0.25, 0.3) is 5.82 Å². The lowest BCUT2D eigenvalue weighted by atomic mass is 10.2. The zero-order valence-corrected chi connectivity index (χ0v) is 11.0. The molecule has 0 unspecified atom stereocenters. The summed E-state index contributed by atoms with van der Waals surface area (Å²) in [6.07, 6.45) is 1.54. The lowest BCUT2D eigenvalue weighted by Crippen LogP contribution is -2.24. The van der Waals surface area contributed by atoms with Crippen LogP contribution in [0.2, 0.25) is 0 Å². The number of aryl methyl sites for hydroxylation is 1. The van der Waals surface area contributed by atoms with Gasteiger partial charge in [-0.1, -0.05) is 0 Å². The first-order valence-corrected chi connectivity index (χ1v) is 5.51. The van der Waals surface area contributed by atoms with Gasteiger partial charge in [-0.05, 0) is 20.8 Å². The molecule has 1 aromatic rings. The number of hydrogen-bond donors (Lipinski definition) is 0. The van der Waals surface area contributed by atoms with Crippen molar-refractivity contribution < 1.29 is 19.1 Å². The Morgan fingerprint density at radius 3 is 2.61 bits per heavy atom. The van der Waals surface area contributed by atoms with Crippen LogP contribution in [0, 0.1) is 0 Å². The van der Waals surface area contributed by atoms with Crippen LogP contribution in [-0.4, -0.2) is 39.4 Å². The van der Waals surface area contributed by atoms with Gasteiger partial charge in [-0.25, -0.2) is 9.78 Å². The van der Waals surface area contributed by atoms with Crippen LogP contribution in [0.15, 0.2) is 6.33 Å². The molecule has 0 fully saturated rings. The molecular formula is C11H17N3O4. The first kappa shape index (κ1) is 14.1. The van der Waals surface area contributed by atoms with Crippen molar-refractivity contribution in [2.75, 3.05) is 7.11 Å². The molecule has 0 aliphatic carbocycles. The van der Waals surface area contributed by atoms with Crippen molar-refractivity contribution >= 4 is 11.9 Å². The van der Waals surface area contributed by atoms with Gasteiger partial charge in [0.05, 0.1) is 20.1 Å². The van der Waals surface area contributed by atoms with Crippen LogP contribution in [0.4, 0.5) is 0 Å². The molecule has 1 rings (SSSR count). The molecule has 0 N–H and O–H groups in total. The fourth-order valence-electron chi connectivity index (χ4n) is 1.19. The lowest BCUT2D eigenvalue weighted by molar-refractivity contribution is -0.155. The number of aromatic nitrogens is 3. The van der Waals surface area contributed by atoms with Crippen LogP contribution in [-0.2, 0) is 20.8 Å². The number of hydrogen-bond acceptors (Lipinski definition) is 6. The zero-order chi connectivity index (χ0) is 13.8. The van der Waals surface area contributed by atoms with Gasteiger partial charge in [0, 0.05) is 0 Å². The van der Waals surface area contributed by atoms with Crippen LogP contribution in [0.25, 0.3) is 0 Å². The lowest BCUT2D eigenvalue weighted by Gasteiger charge is -2.19. The molecule has 1 heterocycles. The van der Waals surface area contributed by atoms with E-state index in [-0.39, 0.29) is 18.2 Å². The average Bonchev–Trinajstić information content (AvgIpc) is 2.71. The highest BCUT2D eigenvalue weighted by Gasteiger charge is 2.17. The van der Waals surface area contributed by atoms with E-state index in [1.165, 1.54) is 18.1 Å². The second-order valence-electron chi connectivity index (χ2n) is 4.66. The summed E-state index contributed by atoms with van der Waals surface area (Å²) in [6.45, 7) is 5.71. The van der Waals surface area contributed by atoms with Crippen LogP contribution in [0.1, 0.15) is 37.8 Å². The van der Waals surface area contributed by atoms with Crippen molar-refractivity contribution in [3.05, 3.63) is 12.2 Å². The molecule has 0 atom stereocenters. The molecule has 7 heteroatoms. The normalized spacial score (nSPS) is 11.1. The Morgan fingerprint density at radius 1 is 1.39 bits per heavy atom. The van der Waals surface area contributed by atoms with E-state index in [2.05, 4.69) is 14.8 Å². The topological polar surface area (TPSA) is 83.3 Å². The van der Waals surface area contributed by atoms with Crippen LogP contribution < -0.4 is 0 Å². The molecule has 1 aromatic heterocycles. The van der Waals surface area contributed by atoms with Crippen molar-refractivity contribution in [2.24, 2.45) is 0 Å². The molecular weight excluding hydrogens is 238 g/mol. The van der Waals surface area contributed by atoms with Gasteiger partial charge in [0.2, 0.25) is 0 Å². The predicted octanol–water partition coefficient (Wildman–Crippen LogP) is 0.796. The van der Waals surface area contributed by atoms with Gasteiger partial charge in [-0.3, -0.25) is 9.48 Å². The maximum absolute atomic E-state index is 11.5. The number of carbonyl (C=O) groups excluding carboxylic acids is 2. The summed E-state index contributed by atoms with van der Waals surface area (Å²) in [7, 11) is 1.25. The van der Waals surface area contributed by atoms with Crippen LogP contribution in [0.3, 0.4) is 0 Å². The van der Waals surface area contributed by atoms with Gasteiger partial charge >= 0.3 is 11.9 Å². The first-order valence-electron chi connectivity index (χ1n) is 5.51. The molecule has 0 radical (unpaired) electrons. The van der Waals surface area contributed by atoms with E-state index < -0.39 is 11.6 Å². The van der Waals surface area contributed by atoms with Crippen molar-refractivity contribution in [2.45, 2.75) is 39.3 Å². The first-order chi connectivity index (χ1) is 8.31. The Balaban J connectivity index is 2.47. The molecule has 0 aromatic carbocycles. The van der Waals surface area contributed by atoms with E-state index in [4.69, 9.17) is 4.74 Å². The maximum Gasteiger partial charge on any atom is 0.377 e. The van der Waals surface area contributed by atoms with E-state index in [1.807, 2.05) is 0 Å². The third kappa shape index (κ3) is 4.52. The summed E-state index contributed by atoms with van der Waals surface area (Å²) in [5.74, 6) is -0.953. The quantitative estimate of drug-likeness (QED) is 0.740. The number of ether oxygens (including phenoxy) is 2. The highest BCUT2D eigenvalue weighted by atomic mass is 16.6. The Bertz CT molecular complexity index is 434. The van der Waals surface area contributed by atoms with Gasteiger partial charge < -0.3 is 9.47 Å². The van der Waals surface area contributed by atoms with Crippen molar-refractivity contribution in [3.8, 4) is 0 Å². The minimum atomic E-state index is -0.606. The van der Waals surface area contributed by atoms with Crippen molar-refractivity contribution in [1.29, 1.82) is 0 Å². The Morgan fingerprint density at radius 2 is 2.06 bits per heavy atom. The second-order valence-corrected chi connectivity index (χ2v) is 4.66. The maximum atomic E-state index is 11.5. The standard InChI is InChI=1S/C11H17N3O4/c1-11(2,3)18-8(15)5-6-14-7-12-9(13-14)10(16)17-4/h7H,5-6H2,1-4H3. The molecule has 7 nitrogen and oxygen atoms in total. The third-order valence-corrected chi connectivity index (χ3v) is 1.87. The number of methoxy groups -OCH3 is 1. The Kier molecular flexibility index (Phi) is 4.41. The zero-order valence-electron chi connectivity index (χ0n) is 11.0. The molecule has 0 aliphatic rings. The summed E-state index contributed by atoms with van der Waals surface area (Å²) >= 11 is 0. The number of nitrogens with zero attached hydrogens (tertiary/aromatic N) is 3. The summed E-state index contributed by atoms with van der Waals surface area (Å²) in [4.78, 5) is 26.3. The fraction of sp³-hybridized carbons (Fsp3) is 0.636. The Hall–Kier alpha value is -1.92. The van der Waals surface area contributed by atoms with E-state index in [0.717, 1.165) is 0 Å². The minimum Gasteiger partial charge on any atom is -0.463 e.